The Morgan fingerprint density at radius 2 is 1.00 bits per heavy atom. The Hall–Kier alpha value is -3.50. The van der Waals surface area contributed by atoms with Gasteiger partial charge in [-0.3, -0.25) is 0 Å². The molecule has 0 saturated heterocycles. The van der Waals surface area contributed by atoms with Crippen molar-refractivity contribution in [3.63, 3.8) is 0 Å². The van der Waals surface area contributed by atoms with E-state index >= 15 is 0 Å². The summed E-state index contributed by atoms with van der Waals surface area (Å²) in [5.41, 5.74) is 2.22. The second-order valence-corrected chi connectivity index (χ2v) is 9.35. The zero-order valence-electron chi connectivity index (χ0n) is 17.1. The van der Waals surface area contributed by atoms with Crippen LogP contribution in [0.15, 0.2) is 109 Å². The first-order valence-electron chi connectivity index (χ1n) is 9.95. The third kappa shape index (κ3) is 4.39. The molecule has 0 aliphatic rings. The highest BCUT2D eigenvalue weighted by Gasteiger charge is 2.52. The highest BCUT2D eigenvalue weighted by atomic mass is 28.4. The summed E-state index contributed by atoms with van der Waals surface area (Å²) in [5.74, 6) is 2.17. The first-order valence-corrected chi connectivity index (χ1v) is 11.7. The van der Waals surface area contributed by atoms with Gasteiger partial charge in [0.05, 0.1) is 5.19 Å². The fraction of sp³-hybridized carbons (Fsp3) is 0.0769. The smallest absolute Gasteiger partial charge is 0.480 e. The zero-order valence-corrected chi connectivity index (χ0v) is 18.1. The maximum absolute atomic E-state index is 6.70. The number of benzene rings is 4. The van der Waals surface area contributed by atoms with E-state index in [2.05, 4.69) is 19.9 Å². The Labute approximate surface area is 178 Å². The molecule has 30 heavy (non-hydrogen) atoms. The quantitative estimate of drug-likeness (QED) is 0.365. The Kier molecular flexibility index (Phi) is 5.86. The molecule has 4 aromatic rings. The van der Waals surface area contributed by atoms with E-state index in [0.717, 1.165) is 22.1 Å². The van der Waals surface area contributed by atoms with Crippen molar-refractivity contribution in [2.45, 2.75) is 13.8 Å². The Balaban J connectivity index is 1.86. The normalized spacial score (nSPS) is 11.0. The number of hydrogen-bond acceptors (Lipinski definition) is 3. The van der Waals surface area contributed by atoms with Crippen LogP contribution in [-0.4, -0.2) is 8.80 Å². The van der Waals surface area contributed by atoms with Crippen molar-refractivity contribution in [2.75, 3.05) is 0 Å². The lowest BCUT2D eigenvalue weighted by Crippen LogP contribution is -2.64. The SMILES string of the molecule is Cc1cccc(O[Si](Oc2ccccc2)(Oc2ccccc2)c2ccccc2)c1C. The largest absolute Gasteiger partial charge is 0.737 e. The lowest BCUT2D eigenvalue weighted by Gasteiger charge is -2.31. The Morgan fingerprint density at radius 1 is 0.500 bits per heavy atom. The van der Waals surface area contributed by atoms with Crippen LogP contribution >= 0.6 is 0 Å². The second kappa shape index (κ2) is 8.89. The summed E-state index contributed by atoms with van der Waals surface area (Å²) >= 11 is 0. The minimum absolute atomic E-state index is 0.703. The van der Waals surface area contributed by atoms with Gasteiger partial charge in [-0.05, 0) is 55.3 Å². The molecule has 150 valence electrons. The van der Waals surface area contributed by atoms with Crippen molar-refractivity contribution in [1.82, 2.24) is 0 Å². The number of rotatable bonds is 7. The van der Waals surface area contributed by atoms with E-state index in [1.54, 1.807) is 0 Å². The summed E-state index contributed by atoms with van der Waals surface area (Å²) < 4.78 is 19.9. The highest BCUT2D eigenvalue weighted by Crippen LogP contribution is 2.27. The number of hydrogen-bond donors (Lipinski definition) is 0. The molecule has 3 nitrogen and oxygen atoms in total. The van der Waals surface area contributed by atoms with Gasteiger partial charge in [-0.1, -0.05) is 78.9 Å². The molecular formula is C26H24O3Si. The van der Waals surface area contributed by atoms with Crippen molar-refractivity contribution < 1.29 is 13.3 Å². The van der Waals surface area contributed by atoms with E-state index in [1.165, 1.54) is 0 Å². The minimum atomic E-state index is -3.45. The summed E-state index contributed by atoms with van der Waals surface area (Å²) in [6, 6.07) is 35.4. The molecule has 0 heterocycles. The topological polar surface area (TPSA) is 27.7 Å². The average Bonchev–Trinajstić information content (AvgIpc) is 2.79. The summed E-state index contributed by atoms with van der Waals surface area (Å²) in [5, 5.41) is 0.888. The van der Waals surface area contributed by atoms with E-state index in [4.69, 9.17) is 13.3 Å². The molecule has 0 amide bonds. The molecule has 4 aromatic carbocycles. The maximum Gasteiger partial charge on any atom is 0.737 e. The van der Waals surface area contributed by atoms with E-state index in [-0.39, 0.29) is 0 Å². The molecule has 0 fully saturated rings. The first-order chi connectivity index (χ1) is 14.7. The van der Waals surface area contributed by atoms with Crippen LogP contribution in [0.3, 0.4) is 0 Å². The average molecular weight is 413 g/mol. The standard InChI is InChI=1S/C26H24O3Si/c1-21-13-12-20-26(22(21)2)29-30(25-18-10-5-11-19-25,27-23-14-6-3-7-15-23)28-24-16-8-4-9-17-24/h3-20H,1-2H3. The van der Waals surface area contributed by atoms with Crippen LogP contribution in [0.25, 0.3) is 0 Å². The zero-order chi connectivity index (χ0) is 20.8. The maximum atomic E-state index is 6.70. The molecule has 0 aliphatic heterocycles. The van der Waals surface area contributed by atoms with Crippen molar-refractivity contribution in [3.05, 3.63) is 120 Å². The van der Waals surface area contributed by atoms with Gasteiger partial charge in [0.1, 0.15) is 17.2 Å². The van der Waals surface area contributed by atoms with E-state index in [9.17, 15) is 0 Å². The first kappa shape index (κ1) is 19.8. The molecule has 4 rings (SSSR count). The molecule has 0 N–H and O–H groups in total. The van der Waals surface area contributed by atoms with Gasteiger partial charge in [0.25, 0.3) is 0 Å². The van der Waals surface area contributed by atoms with Crippen LogP contribution in [0.2, 0.25) is 0 Å². The van der Waals surface area contributed by atoms with Crippen LogP contribution in [-0.2, 0) is 0 Å². The molecule has 0 spiro atoms. The Bertz CT molecular complexity index is 1040. The van der Waals surface area contributed by atoms with Crippen molar-refractivity contribution in [3.8, 4) is 17.2 Å². The highest BCUT2D eigenvalue weighted by molar-refractivity contribution is 6.77. The third-order valence-electron chi connectivity index (χ3n) is 4.92. The molecule has 0 atom stereocenters. The van der Waals surface area contributed by atoms with Gasteiger partial charge in [-0.25, -0.2) is 0 Å². The predicted molar refractivity (Wildman–Crippen MR) is 123 cm³/mol. The van der Waals surface area contributed by atoms with Gasteiger partial charge in [-0.15, -0.1) is 0 Å². The molecule has 0 bridgehead atoms. The van der Waals surface area contributed by atoms with Crippen LogP contribution in [0, 0.1) is 13.8 Å². The monoisotopic (exact) mass is 412 g/mol. The lowest BCUT2D eigenvalue weighted by molar-refractivity contribution is 0.280. The van der Waals surface area contributed by atoms with Crippen LogP contribution in [0.5, 0.6) is 17.2 Å². The summed E-state index contributed by atoms with van der Waals surface area (Å²) in [4.78, 5) is 0. The van der Waals surface area contributed by atoms with Crippen LogP contribution in [0.1, 0.15) is 11.1 Å². The van der Waals surface area contributed by atoms with E-state index in [1.807, 2.05) is 103 Å². The number of para-hydroxylation sites is 2. The molecule has 4 heteroatoms. The second-order valence-electron chi connectivity index (χ2n) is 7.05. The number of aryl methyl sites for hydroxylation is 1. The van der Waals surface area contributed by atoms with Crippen molar-refractivity contribution in [2.24, 2.45) is 0 Å². The van der Waals surface area contributed by atoms with Gasteiger partial charge in [0, 0.05) is 0 Å². The molecule has 0 radical (unpaired) electrons. The van der Waals surface area contributed by atoms with Gasteiger partial charge >= 0.3 is 8.80 Å². The van der Waals surface area contributed by atoms with Crippen LogP contribution in [0.4, 0.5) is 0 Å². The summed E-state index contributed by atoms with van der Waals surface area (Å²) in [6.07, 6.45) is 0. The van der Waals surface area contributed by atoms with Crippen LogP contribution < -0.4 is 18.5 Å². The van der Waals surface area contributed by atoms with Gasteiger partial charge in [0.2, 0.25) is 0 Å². The fourth-order valence-corrected chi connectivity index (χ4v) is 5.63. The molecule has 0 unspecified atom stereocenters. The van der Waals surface area contributed by atoms with E-state index in [0.29, 0.717) is 11.5 Å². The van der Waals surface area contributed by atoms with Crippen molar-refractivity contribution in [1.29, 1.82) is 0 Å². The molecule has 0 aliphatic carbocycles. The lowest BCUT2D eigenvalue weighted by atomic mass is 10.1. The van der Waals surface area contributed by atoms with Gasteiger partial charge < -0.3 is 13.3 Å². The summed E-state index contributed by atoms with van der Waals surface area (Å²) in [6.45, 7) is 4.13. The van der Waals surface area contributed by atoms with Gasteiger partial charge in [0.15, 0.2) is 0 Å². The van der Waals surface area contributed by atoms with Gasteiger partial charge in [-0.2, -0.15) is 0 Å². The minimum Gasteiger partial charge on any atom is -0.480 e. The molecule has 0 aromatic heterocycles. The summed E-state index contributed by atoms with van der Waals surface area (Å²) in [7, 11) is -3.45. The van der Waals surface area contributed by atoms with Crippen molar-refractivity contribution >= 4 is 14.0 Å². The Morgan fingerprint density at radius 3 is 1.53 bits per heavy atom. The molecule has 0 saturated carbocycles. The third-order valence-corrected chi connectivity index (χ3v) is 7.46. The van der Waals surface area contributed by atoms with E-state index < -0.39 is 8.80 Å². The fourth-order valence-electron chi connectivity index (χ4n) is 3.15. The predicted octanol–water partition coefficient (Wildman–Crippen LogP) is 5.69. The molecular weight excluding hydrogens is 388 g/mol.